The Labute approximate surface area is 108 Å². The zero-order valence-corrected chi connectivity index (χ0v) is 11.0. The van der Waals surface area contributed by atoms with Crippen LogP contribution in [-0.4, -0.2) is 14.9 Å². The summed E-state index contributed by atoms with van der Waals surface area (Å²) in [6, 6.07) is 8.21. The molecule has 1 unspecified atom stereocenters. The third kappa shape index (κ3) is 3.20. The molecule has 1 atom stereocenters. The molecule has 0 bridgehead atoms. The highest BCUT2D eigenvalue weighted by Gasteiger charge is 2.08. The molecule has 0 fully saturated rings. The molecule has 1 aromatic carbocycles. The highest BCUT2D eigenvalue weighted by Crippen LogP contribution is 2.19. The summed E-state index contributed by atoms with van der Waals surface area (Å²) in [4.78, 5) is 0. The Morgan fingerprint density at radius 2 is 1.94 bits per heavy atom. The summed E-state index contributed by atoms with van der Waals surface area (Å²) >= 11 is 0. The Hall–Kier alpha value is -1.61. The van der Waals surface area contributed by atoms with Gasteiger partial charge in [0.1, 0.15) is 0 Å². The number of aromatic nitrogens is 2. The van der Waals surface area contributed by atoms with Crippen molar-refractivity contribution in [3.05, 3.63) is 53.3 Å². The van der Waals surface area contributed by atoms with Crippen molar-refractivity contribution in [2.24, 2.45) is 7.05 Å². The van der Waals surface area contributed by atoms with Gasteiger partial charge in [-0.25, -0.2) is 0 Å². The number of hydrogen-bond acceptors (Lipinski definition) is 2. The lowest BCUT2D eigenvalue weighted by Gasteiger charge is -2.10. The van der Waals surface area contributed by atoms with Crippen LogP contribution < -0.4 is 0 Å². The monoisotopic (exact) mass is 244 g/mol. The van der Waals surface area contributed by atoms with Crippen LogP contribution >= 0.6 is 0 Å². The number of rotatable bonds is 5. The fraction of sp³-hybridized carbons (Fsp3) is 0.400. The summed E-state index contributed by atoms with van der Waals surface area (Å²) in [5.41, 5.74) is 3.47. The van der Waals surface area contributed by atoms with Crippen LogP contribution in [0.2, 0.25) is 0 Å². The fourth-order valence-corrected chi connectivity index (χ4v) is 2.05. The van der Waals surface area contributed by atoms with E-state index in [0.717, 1.165) is 24.8 Å². The van der Waals surface area contributed by atoms with Gasteiger partial charge in [0.25, 0.3) is 0 Å². The van der Waals surface area contributed by atoms with Gasteiger partial charge in [-0.05, 0) is 36.0 Å². The standard InChI is InChI=1S/C15H20N2O/c1-3-12-4-7-14(8-5-12)15(18)9-6-13-10-16-17(2)11-13/h4-5,7-8,10-11,15,18H,3,6,9H2,1-2H3. The maximum atomic E-state index is 10.1. The van der Waals surface area contributed by atoms with Crippen molar-refractivity contribution in [1.29, 1.82) is 0 Å². The van der Waals surface area contributed by atoms with Crippen LogP contribution in [0.15, 0.2) is 36.7 Å². The van der Waals surface area contributed by atoms with Crippen LogP contribution in [-0.2, 0) is 19.9 Å². The highest BCUT2D eigenvalue weighted by atomic mass is 16.3. The Morgan fingerprint density at radius 3 is 2.50 bits per heavy atom. The topological polar surface area (TPSA) is 38.1 Å². The van der Waals surface area contributed by atoms with Gasteiger partial charge < -0.3 is 5.11 Å². The van der Waals surface area contributed by atoms with Crippen LogP contribution in [0.25, 0.3) is 0 Å². The van der Waals surface area contributed by atoms with Crippen molar-refractivity contribution < 1.29 is 5.11 Å². The lowest BCUT2D eigenvalue weighted by atomic mass is 10.0. The van der Waals surface area contributed by atoms with E-state index in [0.29, 0.717) is 0 Å². The molecule has 1 heterocycles. The predicted molar refractivity (Wildman–Crippen MR) is 72.3 cm³/mol. The number of aliphatic hydroxyl groups is 1. The molecule has 1 aromatic heterocycles. The number of aryl methyl sites for hydroxylation is 3. The van der Waals surface area contributed by atoms with E-state index in [4.69, 9.17) is 0 Å². The third-order valence-corrected chi connectivity index (χ3v) is 3.24. The van der Waals surface area contributed by atoms with E-state index in [2.05, 4.69) is 24.2 Å². The first-order valence-electron chi connectivity index (χ1n) is 6.43. The second-order valence-electron chi connectivity index (χ2n) is 4.67. The van der Waals surface area contributed by atoms with Gasteiger partial charge in [0.2, 0.25) is 0 Å². The SMILES string of the molecule is CCc1ccc(C(O)CCc2cnn(C)c2)cc1. The second kappa shape index (κ2) is 5.83. The number of aliphatic hydroxyl groups excluding tert-OH is 1. The Bertz CT molecular complexity index is 487. The van der Waals surface area contributed by atoms with Gasteiger partial charge in [0.05, 0.1) is 12.3 Å². The van der Waals surface area contributed by atoms with Crippen LogP contribution in [0.3, 0.4) is 0 Å². The van der Waals surface area contributed by atoms with Gasteiger partial charge >= 0.3 is 0 Å². The van der Waals surface area contributed by atoms with E-state index in [-0.39, 0.29) is 0 Å². The molecule has 0 aliphatic rings. The molecule has 0 saturated heterocycles. The number of benzene rings is 1. The molecule has 0 aliphatic heterocycles. The van der Waals surface area contributed by atoms with Crippen LogP contribution in [0, 0.1) is 0 Å². The summed E-state index contributed by atoms with van der Waals surface area (Å²) in [6.45, 7) is 2.13. The normalized spacial score (nSPS) is 12.6. The zero-order valence-electron chi connectivity index (χ0n) is 11.0. The van der Waals surface area contributed by atoms with E-state index in [1.165, 1.54) is 11.1 Å². The maximum Gasteiger partial charge on any atom is 0.0793 e. The molecule has 96 valence electrons. The molecule has 18 heavy (non-hydrogen) atoms. The zero-order chi connectivity index (χ0) is 13.0. The minimum Gasteiger partial charge on any atom is -0.388 e. The molecule has 0 saturated carbocycles. The van der Waals surface area contributed by atoms with Crippen molar-refractivity contribution in [3.63, 3.8) is 0 Å². The molecule has 0 aliphatic carbocycles. The smallest absolute Gasteiger partial charge is 0.0793 e. The Morgan fingerprint density at radius 1 is 1.22 bits per heavy atom. The molecule has 0 radical (unpaired) electrons. The van der Waals surface area contributed by atoms with E-state index >= 15 is 0 Å². The van der Waals surface area contributed by atoms with E-state index < -0.39 is 6.10 Å². The summed E-state index contributed by atoms with van der Waals surface area (Å²) < 4.78 is 1.79. The van der Waals surface area contributed by atoms with Crippen molar-refractivity contribution in [1.82, 2.24) is 9.78 Å². The lowest BCUT2D eigenvalue weighted by molar-refractivity contribution is 0.168. The Kier molecular flexibility index (Phi) is 4.15. The number of hydrogen-bond donors (Lipinski definition) is 1. The fourth-order valence-electron chi connectivity index (χ4n) is 2.05. The summed E-state index contributed by atoms with van der Waals surface area (Å²) in [6.07, 6.45) is 6.07. The van der Waals surface area contributed by atoms with Crippen molar-refractivity contribution in [2.45, 2.75) is 32.3 Å². The van der Waals surface area contributed by atoms with Gasteiger partial charge in [0.15, 0.2) is 0 Å². The largest absolute Gasteiger partial charge is 0.388 e. The number of nitrogens with zero attached hydrogens (tertiary/aromatic N) is 2. The molecule has 0 amide bonds. The average molecular weight is 244 g/mol. The van der Waals surface area contributed by atoms with E-state index in [1.54, 1.807) is 4.68 Å². The molecular weight excluding hydrogens is 224 g/mol. The minimum absolute atomic E-state index is 0.392. The first-order valence-corrected chi connectivity index (χ1v) is 6.43. The summed E-state index contributed by atoms with van der Waals surface area (Å²) in [5, 5.41) is 14.3. The van der Waals surface area contributed by atoms with Gasteiger partial charge in [-0.1, -0.05) is 31.2 Å². The molecule has 2 aromatic rings. The predicted octanol–water partition coefficient (Wildman–Crippen LogP) is 2.65. The van der Waals surface area contributed by atoms with Gasteiger partial charge in [-0.3, -0.25) is 4.68 Å². The molecule has 2 rings (SSSR count). The molecule has 1 N–H and O–H groups in total. The van der Waals surface area contributed by atoms with Crippen molar-refractivity contribution in [2.75, 3.05) is 0 Å². The van der Waals surface area contributed by atoms with Crippen LogP contribution in [0.1, 0.15) is 36.1 Å². The van der Waals surface area contributed by atoms with Crippen molar-refractivity contribution >= 4 is 0 Å². The Balaban J connectivity index is 1.92. The van der Waals surface area contributed by atoms with Gasteiger partial charge in [0, 0.05) is 13.2 Å². The first kappa shape index (κ1) is 12.8. The van der Waals surface area contributed by atoms with Gasteiger partial charge in [-0.2, -0.15) is 5.10 Å². The first-order chi connectivity index (χ1) is 8.69. The quantitative estimate of drug-likeness (QED) is 0.878. The maximum absolute atomic E-state index is 10.1. The lowest BCUT2D eigenvalue weighted by Crippen LogP contribution is -1.99. The molecule has 3 heteroatoms. The average Bonchev–Trinajstić information content (AvgIpc) is 2.82. The second-order valence-corrected chi connectivity index (χ2v) is 4.67. The van der Waals surface area contributed by atoms with Crippen LogP contribution in [0.5, 0.6) is 0 Å². The summed E-state index contributed by atoms with van der Waals surface area (Å²) in [7, 11) is 1.91. The van der Waals surface area contributed by atoms with E-state index in [1.807, 2.05) is 31.6 Å². The van der Waals surface area contributed by atoms with E-state index in [9.17, 15) is 5.11 Å². The van der Waals surface area contributed by atoms with Gasteiger partial charge in [-0.15, -0.1) is 0 Å². The third-order valence-electron chi connectivity index (χ3n) is 3.24. The summed E-state index contributed by atoms with van der Waals surface area (Å²) in [5.74, 6) is 0. The molecule has 3 nitrogen and oxygen atoms in total. The molecular formula is C15H20N2O. The minimum atomic E-state index is -0.392. The van der Waals surface area contributed by atoms with Crippen LogP contribution in [0.4, 0.5) is 0 Å². The molecule has 0 spiro atoms. The van der Waals surface area contributed by atoms with Crippen molar-refractivity contribution in [3.8, 4) is 0 Å². The highest BCUT2D eigenvalue weighted by molar-refractivity contribution is 5.24.